The molecule has 1 aliphatic heterocycles. The van der Waals surface area contributed by atoms with Gasteiger partial charge in [0.25, 0.3) is 0 Å². The third-order valence-electron chi connectivity index (χ3n) is 7.90. The molecule has 0 spiro atoms. The Hall–Kier alpha value is -3.72. The van der Waals surface area contributed by atoms with Crippen LogP contribution in [0.1, 0.15) is 30.7 Å². The number of nitrogens with zero attached hydrogens (tertiary/aromatic N) is 6. The van der Waals surface area contributed by atoms with Crippen LogP contribution in [0.5, 0.6) is 0 Å². The molecule has 42 heavy (non-hydrogen) atoms. The van der Waals surface area contributed by atoms with E-state index >= 15 is 0 Å². The molecule has 216 valence electrons. The summed E-state index contributed by atoms with van der Waals surface area (Å²) in [5.41, 5.74) is 4.79. The van der Waals surface area contributed by atoms with E-state index in [4.69, 9.17) is 33.3 Å². The summed E-state index contributed by atoms with van der Waals surface area (Å²) in [5, 5.41) is 23.1. The van der Waals surface area contributed by atoms with Crippen molar-refractivity contribution < 1.29 is 0 Å². The molecule has 0 radical (unpaired) electrons. The van der Waals surface area contributed by atoms with Gasteiger partial charge >= 0.3 is 0 Å². The largest absolute Gasteiger partial charge is 0.351 e. The van der Waals surface area contributed by atoms with Gasteiger partial charge in [0, 0.05) is 65.5 Å². The van der Waals surface area contributed by atoms with Gasteiger partial charge in [-0.15, -0.1) is 10.2 Å². The van der Waals surface area contributed by atoms with E-state index in [9.17, 15) is 0 Å². The van der Waals surface area contributed by atoms with E-state index in [1.807, 2.05) is 67.6 Å². The van der Waals surface area contributed by atoms with Crippen molar-refractivity contribution in [2.45, 2.75) is 39.9 Å². The number of anilines is 2. The summed E-state index contributed by atoms with van der Waals surface area (Å²) in [7, 11) is 0. The van der Waals surface area contributed by atoms with E-state index < -0.39 is 0 Å². The molecule has 0 saturated carbocycles. The van der Waals surface area contributed by atoms with Crippen LogP contribution in [-0.4, -0.2) is 51.1 Å². The van der Waals surface area contributed by atoms with Crippen molar-refractivity contribution in [2.75, 3.05) is 29.4 Å². The van der Waals surface area contributed by atoms with E-state index in [0.29, 0.717) is 46.7 Å². The van der Waals surface area contributed by atoms with Gasteiger partial charge < -0.3 is 15.1 Å². The lowest BCUT2D eigenvalue weighted by Crippen LogP contribution is -2.53. The summed E-state index contributed by atoms with van der Waals surface area (Å²) in [6.07, 6.45) is 0. The molecule has 3 aromatic carbocycles. The van der Waals surface area contributed by atoms with Crippen LogP contribution in [0.4, 0.5) is 11.6 Å². The number of piperazine rings is 1. The number of hydrogen-bond acceptors (Lipinski definition) is 7. The summed E-state index contributed by atoms with van der Waals surface area (Å²) in [5.74, 6) is 2.55. The summed E-state index contributed by atoms with van der Waals surface area (Å²) >= 11 is 13.3. The van der Waals surface area contributed by atoms with Crippen molar-refractivity contribution in [1.82, 2.24) is 30.7 Å². The number of hydrogen-bond donors (Lipinski definition) is 2. The molecular weight excluding hydrogens is 567 g/mol. The van der Waals surface area contributed by atoms with Gasteiger partial charge in [-0.05, 0) is 54.3 Å². The van der Waals surface area contributed by atoms with Gasteiger partial charge in [0.2, 0.25) is 0 Å². The zero-order chi connectivity index (χ0) is 29.2. The Kier molecular flexibility index (Phi) is 8.29. The van der Waals surface area contributed by atoms with Gasteiger partial charge in [0.05, 0.1) is 5.52 Å². The first-order valence-corrected chi connectivity index (χ1v) is 15.0. The standard InChI is InChI=1S/C32H34Cl2N8/c1-20(2)29-19-41(15-14-35-29)31-32(40-39-30(36-31)22-12-13-28-25(16-22)21(3)37-38-28)42(17-23-8-4-6-10-26(23)33)18-24-9-5-7-11-27(24)34/h4-13,16,20,29,35H,14-15,17-19H2,1-3H3,(H,37,38). The lowest BCUT2D eigenvalue weighted by Gasteiger charge is -2.38. The first kappa shape index (κ1) is 28.4. The quantitative estimate of drug-likeness (QED) is 0.206. The van der Waals surface area contributed by atoms with Gasteiger partial charge in [-0.2, -0.15) is 5.10 Å². The summed E-state index contributed by atoms with van der Waals surface area (Å²) in [4.78, 5) is 9.73. The Labute approximate surface area is 256 Å². The third-order valence-corrected chi connectivity index (χ3v) is 8.64. The second kappa shape index (κ2) is 12.3. The molecule has 1 fully saturated rings. The summed E-state index contributed by atoms with van der Waals surface area (Å²) in [6, 6.07) is 22.2. The van der Waals surface area contributed by atoms with Gasteiger partial charge in [-0.25, -0.2) is 4.98 Å². The fourth-order valence-electron chi connectivity index (χ4n) is 5.42. The van der Waals surface area contributed by atoms with E-state index in [0.717, 1.165) is 58.7 Å². The molecule has 5 aromatic rings. The number of halogens is 2. The second-order valence-corrected chi connectivity index (χ2v) is 12.0. The zero-order valence-electron chi connectivity index (χ0n) is 24.0. The average molecular weight is 602 g/mol. The predicted molar refractivity (Wildman–Crippen MR) is 171 cm³/mol. The number of aromatic nitrogens is 5. The fourth-order valence-corrected chi connectivity index (χ4v) is 5.81. The van der Waals surface area contributed by atoms with E-state index in [1.165, 1.54) is 0 Å². The lowest BCUT2D eigenvalue weighted by atomic mass is 10.0. The van der Waals surface area contributed by atoms with Crippen molar-refractivity contribution in [1.29, 1.82) is 0 Å². The normalized spacial score (nSPS) is 15.5. The molecule has 3 heterocycles. The minimum Gasteiger partial charge on any atom is -0.351 e. The molecule has 1 aliphatic rings. The molecule has 8 nitrogen and oxygen atoms in total. The minimum absolute atomic E-state index is 0.329. The highest BCUT2D eigenvalue weighted by molar-refractivity contribution is 6.31. The smallest absolute Gasteiger partial charge is 0.195 e. The first-order valence-electron chi connectivity index (χ1n) is 14.3. The third kappa shape index (κ3) is 5.93. The molecule has 2 N–H and O–H groups in total. The van der Waals surface area contributed by atoms with Crippen LogP contribution in [0.3, 0.4) is 0 Å². The van der Waals surface area contributed by atoms with Gasteiger partial charge in [0.1, 0.15) is 0 Å². The molecular formula is C32H34Cl2N8. The van der Waals surface area contributed by atoms with Crippen molar-refractivity contribution in [2.24, 2.45) is 5.92 Å². The van der Waals surface area contributed by atoms with Crippen LogP contribution in [0.15, 0.2) is 66.7 Å². The molecule has 0 aliphatic carbocycles. The number of aryl methyl sites for hydroxylation is 1. The molecule has 0 amide bonds. The van der Waals surface area contributed by atoms with Crippen LogP contribution in [0.2, 0.25) is 10.0 Å². The Morgan fingerprint density at radius 2 is 1.64 bits per heavy atom. The number of rotatable bonds is 8. The van der Waals surface area contributed by atoms with E-state index in [2.05, 4.69) is 50.3 Å². The first-order chi connectivity index (χ1) is 20.4. The Morgan fingerprint density at radius 1 is 0.952 bits per heavy atom. The SMILES string of the molecule is Cc1[nH]nc2ccc(-c3nnc(N(Cc4ccccc4Cl)Cc4ccccc4Cl)c(N4CCNC(C(C)C)C4)n3)cc12. The van der Waals surface area contributed by atoms with Crippen LogP contribution in [0.25, 0.3) is 22.3 Å². The number of fused-ring (bicyclic) bond motifs is 1. The minimum atomic E-state index is 0.329. The monoisotopic (exact) mass is 600 g/mol. The highest BCUT2D eigenvalue weighted by Crippen LogP contribution is 2.33. The number of H-pyrrole nitrogens is 1. The van der Waals surface area contributed by atoms with Crippen LogP contribution >= 0.6 is 23.2 Å². The molecule has 1 unspecified atom stereocenters. The van der Waals surface area contributed by atoms with Gasteiger partial charge in [-0.1, -0.05) is 73.4 Å². The van der Waals surface area contributed by atoms with Crippen molar-refractivity contribution in [3.8, 4) is 11.4 Å². The van der Waals surface area contributed by atoms with Gasteiger partial charge in [0.15, 0.2) is 17.5 Å². The van der Waals surface area contributed by atoms with Gasteiger partial charge in [-0.3, -0.25) is 5.10 Å². The Bertz CT molecular complexity index is 1650. The second-order valence-electron chi connectivity index (χ2n) is 11.2. The van der Waals surface area contributed by atoms with Crippen LogP contribution in [0, 0.1) is 12.8 Å². The maximum absolute atomic E-state index is 6.66. The summed E-state index contributed by atoms with van der Waals surface area (Å²) < 4.78 is 0. The maximum atomic E-state index is 6.66. The number of nitrogens with one attached hydrogen (secondary N) is 2. The number of aromatic amines is 1. The van der Waals surface area contributed by atoms with E-state index in [-0.39, 0.29) is 0 Å². The van der Waals surface area contributed by atoms with Crippen molar-refractivity contribution >= 4 is 45.7 Å². The van der Waals surface area contributed by atoms with Crippen molar-refractivity contribution in [3.63, 3.8) is 0 Å². The van der Waals surface area contributed by atoms with Crippen LogP contribution in [-0.2, 0) is 13.1 Å². The lowest BCUT2D eigenvalue weighted by molar-refractivity contribution is 0.367. The molecule has 1 atom stereocenters. The van der Waals surface area contributed by atoms with E-state index in [1.54, 1.807) is 0 Å². The molecule has 6 rings (SSSR count). The fraction of sp³-hybridized carbons (Fsp3) is 0.312. The highest BCUT2D eigenvalue weighted by Gasteiger charge is 2.28. The highest BCUT2D eigenvalue weighted by atomic mass is 35.5. The molecule has 2 aromatic heterocycles. The Balaban J connectivity index is 1.48. The van der Waals surface area contributed by atoms with Crippen LogP contribution < -0.4 is 15.1 Å². The average Bonchev–Trinajstić information content (AvgIpc) is 3.38. The topological polar surface area (TPSA) is 85.9 Å². The number of benzene rings is 3. The summed E-state index contributed by atoms with van der Waals surface area (Å²) in [6.45, 7) is 10.0. The predicted octanol–water partition coefficient (Wildman–Crippen LogP) is 6.67. The maximum Gasteiger partial charge on any atom is 0.195 e. The Morgan fingerprint density at radius 3 is 2.31 bits per heavy atom. The zero-order valence-corrected chi connectivity index (χ0v) is 25.5. The molecule has 1 saturated heterocycles. The molecule has 0 bridgehead atoms. The molecule has 10 heteroatoms. The van der Waals surface area contributed by atoms with Crippen molar-refractivity contribution in [3.05, 3.63) is 93.6 Å².